The van der Waals surface area contributed by atoms with Gasteiger partial charge >= 0.3 is 6.09 Å². The molecule has 2 N–H and O–H groups in total. The molecular weight excluding hydrogens is 366 g/mol. The number of rotatable bonds is 7. The minimum atomic E-state index is -0.218. The number of nitrogens with zero attached hydrogens (tertiary/aromatic N) is 1. The maximum atomic E-state index is 12.2. The largest absolute Gasteiger partial charge is 0.450 e. The summed E-state index contributed by atoms with van der Waals surface area (Å²) in [5.74, 6) is -0.128. The maximum absolute atomic E-state index is 12.2. The molecule has 1 aromatic carbocycles. The van der Waals surface area contributed by atoms with E-state index in [-0.39, 0.29) is 24.1 Å². The number of piperidine rings is 1. The van der Waals surface area contributed by atoms with Crippen LogP contribution in [0.3, 0.4) is 0 Å². The fraction of sp³-hybridized carbons (Fsp3) is 0.600. The summed E-state index contributed by atoms with van der Waals surface area (Å²) in [5.41, 5.74) is 0.560. The minimum Gasteiger partial charge on any atom is -0.450 e. The molecule has 1 aliphatic heterocycles. The molecule has 3 atom stereocenters. The molecule has 1 heterocycles. The number of ether oxygens (including phenoxy) is 1. The Morgan fingerprint density at radius 2 is 2.04 bits per heavy atom. The fourth-order valence-corrected chi connectivity index (χ4v) is 3.85. The van der Waals surface area contributed by atoms with Gasteiger partial charge < -0.3 is 20.3 Å². The van der Waals surface area contributed by atoms with Gasteiger partial charge in [0, 0.05) is 41.8 Å². The number of carbonyl (C=O) groups is 2. The average Bonchev–Trinajstić information content (AvgIpc) is 2.64. The van der Waals surface area contributed by atoms with Crippen LogP contribution < -0.4 is 10.6 Å². The normalized spacial score (nSPS) is 22.4. The molecule has 2 rings (SSSR count). The SMILES string of the molecule is CCOC(=O)N1C(C)CC(NCCNC(=O)c2cccc(Cl)c2)CC1CC. The third kappa shape index (κ3) is 6.11. The molecule has 7 heteroatoms. The van der Waals surface area contributed by atoms with Crippen molar-refractivity contribution in [1.29, 1.82) is 0 Å². The van der Waals surface area contributed by atoms with E-state index in [4.69, 9.17) is 16.3 Å². The first-order valence-corrected chi connectivity index (χ1v) is 10.1. The Hall–Kier alpha value is -1.79. The highest BCUT2D eigenvalue weighted by Gasteiger charge is 2.35. The molecule has 0 radical (unpaired) electrons. The summed E-state index contributed by atoms with van der Waals surface area (Å²) in [6.45, 7) is 7.60. The zero-order chi connectivity index (χ0) is 19.8. The topological polar surface area (TPSA) is 70.7 Å². The number of benzene rings is 1. The van der Waals surface area contributed by atoms with E-state index < -0.39 is 0 Å². The third-order valence-electron chi connectivity index (χ3n) is 4.93. The molecule has 2 amide bonds. The van der Waals surface area contributed by atoms with Crippen molar-refractivity contribution in [3.05, 3.63) is 34.9 Å². The molecule has 1 aliphatic rings. The van der Waals surface area contributed by atoms with Gasteiger partial charge in [-0.2, -0.15) is 0 Å². The van der Waals surface area contributed by atoms with Crippen molar-refractivity contribution in [3.8, 4) is 0 Å². The molecule has 1 fully saturated rings. The lowest BCUT2D eigenvalue weighted by Crippen LogP contribution is -2.55. The Bertz CT molecular complexity index is 641. The van der Waals surface area contributed by atoms with E-state index in [1.165, 1.54) is 0 Å². The molecule has 150 valence electrons. The van der Waals surface area contributed by atoms with Crippen LogP contribution in [0.15, 0.2) is 24.3 Å². The monoisotopic (exact) mass is 395 g/mol. The first-order chi connectivity index (χ1) is 13.0. The second-order valence-corrected chi connectivity index (χ2v) is 7.34. The number of nitrogens with one attached hydrogen (secondary N) is 2. The van der Waals surface area contributed by atoms with Crippen LogP contribution in [0.1, 0.15) is 50.4 Å². The smallest absolute Gasteiger partial charge is 0.410 e. The maximum Gasteiger partial charge on any atom is 0.410 e. The van der Waals surface area contributed by atoms with E-state index in [2.05, 4.69) is 24.5 Å². The molecule has 0 bridgehead atoms. The summed E-state index contributed by atoms with van der Waals surface area (Å²) in [7, 11) is 0. The third-order valence-corrected chi connectivity index (χ3v) is 5.17. The lowest BCUT2D eigenvalue weighted by atomic mass is 9.91. The van der Waals surface area contributed by atoms with Crippen LogP contribution in [-0.2, 0) is 4.74 Å². The van der Waals surface area contributed by atoms with Crippen LogP contribution >= 0.6 is 11.6 Å². The highest BCUT2D eigenvalue weighted by Crippen LogP contribution is 2.26. The van der Waals surface area contributed by atoms with Crippen LogP contribution in [0.5, 0.6) is 0 Å². The van der Waals surface area contributed by atoms with E-state index in [1.54, 1.807) is 24.3 Å². The number of halogens is 1. The minimum absolute atomic E-state index is 0.126. The van der Waals surface area contributed by atoms with E-state index in [0.29, 0.717) is 36.3 Å². The molecule has 3 unspecified atom stereocenters. The van der Waals surface area contributed by atoms with Crippen LogP contribution in [0.4, 0.5) is 4.79 Å². The van der Waals surface area contributed by atoms with Gasteiger partial charge in [0.15, 0.2) is 0 Å². The first kappa shape index (κ1) is 21.5. The van der Waals surface area contributed by atoms with Gasteiger partial charge in [-0.15, -0.1) is 0 Å². The lowest BCUT2D eigenvalue weighted by molar-refractivity contribution is 0.0432. The van der Waals surface area contributed by atoms with E-state index in [9.17, 15) is 9.59 Å². The van der Waals surface area contributed by atoms with Crippen LogP contribution in [0.25, 0.3) is 0 Å². The molecule has 1 saturated heterocycles. The van der Waals surface area contributed by atoms with Crippen molar-refractivity contribution in [2.75, 3.05) is 19.7 Å². The van der Waals surface area contributed by atoms with E-state index >= 15 is 0 Å². The molecule has 0 aliphatic carbocycles. The van der Waals surface area contributed by atoms with E-state index in [0.717, 1.165) is 19.3 Å². The van der Waals surface area contributed by atoms with Crippen LogP contribution in [0, 0.1) is 0 Å². The van der Waals surface area contributed by atoms with Gasteiger partial charge in [0.2, 0.25) is 0 Å². The van der Waals surface area contributed by atoms with Gasteiger partial charge in [0.25, 0.3) is 5.91 Å². The molecule has 0 aromatic heterocycles. The Morgan fingerprint density at radius 1 is 1.26 bits per heavy atom. The standard InChI is InChI=1S/C20H30ClN3O3/c1-4-18-13-17(11-14(3)24(18)20(26)27-5-2)22-9-10-23-19(25)15-7-6-8-16(21)12-15/h6-8,12,14,17-18,22H,4-5,9-11,13H2,1-3H3,(H,23,25). The summed E-state index contributed by atoms with van der Waals surface area (Å²) in [5, 5.41) is 6.96. The first-order valence-electron chi connectivity index (χ1n) is 9.68. The summed E-state index contributed by atoms with van der Waals surface area (Å²) in [6, 6.07) is 7.52. The molecule has 0 saturated carbocycles. The molecular formula is C20H30ClN3O3. The number of amides is 2. The molecule has 27 heavy (non-hydrogen) atoms. The fourth-order valence-electron chi connectivity index (χ4n) is 3.66. The average molecular weight is 396 g/mol. The van der Waals surface area contributed by atoms with Crippen molar-refractivity contribution in [1.82, 2.24) is 15.5 Å². The second-order valence-electron chi connectivity index (χ2n) is 6.91. The zero-order valence-corrected chi connectivity index (χ0v) is 17.1. The van der Waals surface area contributed by atoms with Crippen LogP contribution in [-0.4, -0.2) is 54.7 Å². The van der Waals surface area contributed by atoms with E-state index in [1.807, 2.05) is 11.8 Å². The quantitative estimate of drug-likeness (QED) is 0.694. The number of likely N-dealkylation sites (tertiary alicyclic amines) is 1. The molecule has 1 aromatic rings. The van der Waals surface area contributed by atoms with Gasteiger partial charge in [-0.05, 0) is 51.3 Å². The summed E-state index contributed by atoms with van der Waals surface area (Å²) >= 11 is 5.92. The lowest BCUT2D eigenvalue weighted by Gasteiger charge is -2.43. The van der Waals surface area contributed by atoms with Crippen molar-refractivity contribution >= 4 is 23.6 Å². The van der Waals surface area contributed by atoms with Gasteiger partial charge in [0.1, 0.15) is 0 Å². The van der Waals surface area contributed by atoms with Crippen molar-refractivity contribution in [3.63, 3.8) is 0 Å². The van der Waals surface area contributed by atoms with Crippen LogP contribution in [0.2, 0.25) is 5.02 Å². The summed E-state index contributed by atoms with van der Waals surface area (Å²) in [6.07, 6.45) is 2.44. The van der Waals surface area contributed by atoms with Gasteiger partial charge in [-0.25, -0.2) is 4.79 Å². The number of hydrogen-bond acceptors (Lipinski definition) is 4. The Balaban J connectivity index is 1.78. The zero-order valence-electron chi connectivity index (χ0n) is 16.3. The van der Waals surface area contributed by atoms with Crippen molar-refractivity contribution in [2.24, 2.45) is 0 Å². The van der Waals surface area contributed by atoms with Crippen molar-refractivity contribution in [2.45, 2.75) is 58.2 Å². The van der Waals surface area contributed by atoms with Gasteiger partial charge in [0.05, 0.1) is 6.61 Å². The molecule has 0 spiro atoms. The van der Waals surface area contributed by atoms with Crippen molar-refractivity contribution < 1.29 is 14.3 Å². The highest BCUT2D eigenvalue weighted by atomic mass is 35.5. The summed E-state index contributed by atoms with van der Waals surface area (Å²) in [4.78, 5) is 26.2. The van der Waals surface area contributed by atoms with Gasteiger partial charge in [-0.3, -0.25) is 4.79 Å². The highest BCUT2D eigenvalue weighted by molar-refractivity contribution is 6.30. The Morgan fingerprint density at radius 3 is 2.70 bits per heavy atom. The molecule has 6 nitrogen and oxygen atoms in total. The number of carbonyl (C=O) groups excluding carboxylic acids is 2. The Labute approximate surface area is 166 Å². The Kier molecular flexibility index (Phi) is 8.38. The van der Waals surface area contributed by atoms with Gasteiger partial charge in [-0.1, -0.05) is 24.6 Å². The number of hydrogen-bond donors (Lipinski definition) is 2. The summed E-state index contributed by atoms with van der Waals surface area (Å²) < 4.78 is 5.20. The second kappa shape index (κ2) is 10.5. The predicted molar refractivity (Wildman–Crippen MR) is 107 cm³/mol. The predicted octanol–water partition coefficient (Wildman–Crippen LogP) is 3.45.